The van der Waals surface area contributed by atoms with Gasteiger partial charge in [-0.2, -0.15) is 13.2 Å². The van der Waals surface area contributed by atoms with Crippen LogP contribution in [0.5, 0.6) is 0 Å². The molecule has 0 atom stereocenters. The lowest BCUT2D eigenvalue weighted by Crippen LogP contribution is -2.08. The highest BCUT2D eigenvalue weighted by Gasteiger charge is 2.36. The molecule has 0 spiro atoms. The minimum absolute atomic E-state index is 0.0242. The highest BCUT2D eigenvalue weighted by Crippen LogP contribution is 2.38. The van der Waals surface area contributed by atoms with Gasteiger partial charge in [-0.3, -0.25) is 4.79 Å². The Morgan fingerprint density at radius 1 is 1.41 bits per heavy atom. The van der Waals surface area contributed by atoms with Gasteiger partial charge in [0, 0.05) is 0 Å². The number of amides is 1. The Kier molecular flexibility index (Phi) is 4.56. The maximum atomic E-state index is 12.7. The van der Waals surface area contributed by atoms with Crippen molar-refractivity contribution in [1.29, 1.82) is 0 Å². The van der Waals surface area contributed by atoms with Gasteiger partial charge < -0.3 is 5.73 Å². The van der Waals surface area contributed by atoms with Crippen LogP contribution in [0.25, 0.3) is 0 Å². The van der Waals surface area contributed by atoms with Gasteiger partial charge in [0.2, 0.25) is 0 Å². The summed E-state index contributed by atoms with van der Waals surface area (Å²) in [6, 6.07) is 1.27. The van der Waals surface area contributed by atoms with E-state index < -0.39 is 17.0 Å². The fourth-order valence-electron chi connectivity index (χ4n) is 1.54. The van der Waals surface area contributed by atoms with Crippen molar-refractivity contribution >= 4 is 17.2 Å². The largest absolute Gasteiger partial charge is 0.425 e. The topological polar surface area (TPSA) is 43.1 Å². The van der Waals surface area contributed by atoms with Crippen LogP contribution in [0.15, 0.2) is 6.07 Å². The van der Waals surface area contributed by atoms with Crippen molar-refractivity contribution in [3.05, 3.63) is 21.4 Å². The van der Waals surface area contributed by atoms with E-state index in [0.29, 0.717) is 24.2 Å². The molecule has 0 aromatic carbocycles. The molecule has 1 heterocycles. The van der Waals surface area contributed by atoms with Crippen molar-refractivity contribution in [2.45, 2.75) is 38.8 Å². The third kappa shape index (κ3) is 3.73. The Balaban J connectivity index is 2.96. The van der Waals surface area contributed by atoms with Gasteiger partial charge in [-0.1, -0.05) is 19.8 Å². The maximum absolute atomic E-state index is 12.7. The molecule has 1 aromatic heterocycles. The van der Waals surface area contributed by atoms with E-state index in [0.717, 1.165) is 12.8 Å². The first-order valence-corrected chi connectivity index (χ1v) is 6.17. The summed E-state index contributed by atoms with van der Waals surface area (Å²) in [5.74, 6) is -0.803. The number of hydrogen-bond acceptors (Lipinski definition) is 2. The van der Waals surface area contributed by atoms with E-state index >= 15 is 0 Å². The minimum Gasteiger partial charge on any atom is -0.365 e. The zero-order valence-corrected chi connectivity index (χ0v) is 10.3. The van der Waals surface area contributed by atoms with Crippen molar-refractivity contribution in [2.24, 2.45) is 5.73 Å². The van der Waals surface area contributed by atoms with E-state index in [1.54, 1.807) is 0 Å². The van der Waals surface area contributed by atoms with Crippen LogP contribution in [0.4, 0.5) is 13.2 Å². The molecule has 6 heteroatoms. The molecule has 1 amide bonds. The molecule has 17 heavy (non-hydrogen) atoms. The normalized spacial score (nSPS) is 11.8. The summed E-state index contributed by atoms with van der Waals surface area (Å²) < 4.78 is 38.1. The summed E-state index contributed by atoms with van der Waals surface area (Å²) in [5, 5.41) is 0. The number of carbonyl (C=O) groups excluding carboxylic acids is 1. The van der Waals surface area contributed by atoms with E-state index in [-0.39, 0.29) is 10.4 Å². The lowest BCUT2D eigenvalue weighted by Gasteiger charge is -2.06. The fraction of sp³-hybridized carbons (Fsp3) is 0.545. The van der Waals surface area contributed by atoms with Gasteiger partial charge in [0.1, 0.15) is 4.88 Å². The SMILES string of the molecule is CCCCCc1cc(C(N)=O)sc1C(F)(F)F. The number of halogens is 3. The highest BCUT2D eigenvalue weighted by atomic mass is 32.1. The van der Waals surface area contributed by atoms with Crippen LogP contribution in [-0.4, -0.2) is 5.91 Å². The first kappa shape index (κ1) is 14.0. The molecule has 0 saturated carbocycles. The minimum atomic E-state index is -4.40. The smallest absolute Gasteiger partial charge is 0.365 e. The monoisotopic (exact) mass is 265 g/mol. The molecule has 0 aliphatic carbocycles. The Morgan fingerprint density at radius 3 is 2.53 bits per heavy atom. The van der Waals surface area contributed by atoms with Crippen LogP contribution >= 0.6 is 11.3 Å². The average molecular weight is 265 g/mol. The standard InChI is InChI=1S/C11H14F3NOS/c1-2-3-4-5-7-6-8(10(15)16)17-9(7)11(12,13)14/h6H,2-5H2,1H3,(H2,15,16). The molecular weight excluding hydrogens is 251 g/mol. The summed E-state index contributed by atoms with van der Waals surface area (Å²) in [6.07, 6.45) is -1.56. The van der Waals surface area contributed by atoms with Crippen molar-refractivity contribution < 1.29 is 18.0 Å². The molecule has 0 aliphatic heterocycles. The predicted molar refractivity (Wildman–Crippen MR) is 61.1 cm³/mol. The van der Waals surface area contributed by atoms with E-state index in [2.05, 4.69) is 0 Å². The van der Waals surface area contributed by atoms with Crippen LogP contribution in [0.3, 0.4) is 0 Å². The van der Waals surface area contributed by atoms with Crippen LogP contribution in [0.1, 0.15) is 46.3 Å². The van der Waals surface area contributed by atoms with Gasteiger partial charge in [0.25, 0.3) is 5.91 Å². The Hall–Kier alpha value is -1.04. The summed E-state index contributed by atoms with van der Waals surface area (Å²) in [4.78, 5) is 10.2. The summed E-state index contributed by atoms with van der Waals surface area (Å²) in [6.45, 7) is 1.98. The molecule has 0 aliphatic rings. The second kappa shape index (κ2) is 5.53. The molecular formula is C11H14F3NOS. The van der Waals surface area contributed by atoms with E-state index in [9.17, 15) is 18.0 Å². The number of aryl methyl sites for hydroxylation is 1. The van der Waals surface area contributed by atoms with Crippen molar-refractivity contribution in [3.8, 4) is 0 Å². The maximum Gasteiger partial charge on any atom is 0.425 e. The lowest BCUT2D eigenvalue weighted by molar-refractivity contribution is -0.134. The molecule has 1 rings (SSSR count). The van der Waals surface area contributed by atoms with Gasteiger partial charge in [0.05, 0.1) is 4.88 Å². The number of nitrogens with two attached hydrogens (primary N) is 1. The Morgan fingerprint density at radius 2 is 2.06 bits per heavy atom. The third-order valence-electron chi connectivity index (χ3n) is 2.36. The Labute approximate surface area is 102 Å². The molecule has 2 nitrogen and oxygen atoms in total. The van der Waals surface area contributed by atoms with Crippen molar-refractivity contribution in [3.63, 3.8) is 0 Å². The summed E-state index contributed by atoms with van der Waals surface area (Å²) in [7, 11) is 0. The zero-order chi connectivity index (χ0) is 13.1. The number of hydrogen-bond donors (Lipinski definition) is 1. The number of alkyl halides is 3. The number of primary amides is 1. The van der Waals surface area contributed by atoms with E-state index in [1.807, 2.05) is 6.92 Å². The number of thiophene rings is 1. The molecule has 0 radical (unpaired) electrons. The van der Waals surface area contributed by atoms with Gasteiger partial charge >= 0.3 is 6.18 Å². The van der Waals surface area contributed by atoms with E-state index in [1.165, 1.54) is 6.07 Å². The number of unbranched alkanes of at least 4 members (excludes halogenated alkanes) is 2. The van der Waals surface area contributed by atoms with Crippen molar-refractivity contribution in [2.75, 3.05) is 0 Å². The van der Waals surface area contributed by atoms with Crippen LogP contribution in [0.2, 0.25) is 0 Å². The molecule has 96 valence electrons. The molecule has 0 bridgehead atoms. The molecule has 0 fully saturated rings. The summed E-state index contributed by atoms with van der Waals surface area (Å²) >= 11 is 0.433. The number of rotatable bonds is 5. The summed E-state index contributed by atoms with van der Waals surface area (Å²) in [5.41, 5.74) is 5.18. The van der Waals surface area contributed by atoms with Gasteiger partial charge in [-0.25, -0.2) is 0 Å². The fourth-order valence-corrected chi connectivity index (χ4v) is 2.47. The van der Waals surface area contributed by atoms with Gasteiger partial charge in [-0.15, -0.1) is 11.3 Å². The quantitative estimate of drug-likeness (QED) is 0.812. The Bertz CT molecular complexity index is 398. The number of carbonyl (C=O) groups is 1. The van der Waals surface area contributed by atoms with Crippen LogP contribution < -0.4 is 5.73 Å². The molecule has 2 N–H and O–H groups in total. The third-order valence-corrected chi connectivity index (χ3v) is 3.60. The predicted octanol–water partition coefficient (Wildman–Crippen LogP) is 3.60. The lowest BCUT2D eigenvalue weighted by atomic mass is 10.1. The molecule has 0 unspecified atom stereocenters. The van der Waals surface area contributed by atoms with Gasteiger partial charge in [-0.05, 0) is 24.5 Å². The first-order valence-electron chi connectivity index (χ1n) is 5.36. The van der Waals surface area contributed by atoms with Gasteiger partial charge in [0.15, 0.2) is 0 Å². The van der Waals surface area contributed by atoms with Crippen LogP contribution in [-0.2, 0) is 12.6 Å². The molecule has 1 aromatic rings. The van der Waals surface area contributed by atoms with E-state index in [4.69, 9.17) is 5.73 Å². The molecule has 0 saturated heterocycles. The van der Waals surface area contributed by atoms with Crippen LogP contribution in [0, 0.1) is 0 Å². The average Bonchev–Trinajstić information content (AvgIpc) is 2.62. The second-order valence-electron chi connectivity index (χ2n) is 3.78. The second-order valence-corrected chi connectivity index (χ2v) is 4.84. The van der Waals surface area contributed by atoms with Crippen molar-refractivity contribution in [1.82, 2.24) is 0 Å². The highest BCUT2D eigenvalue weighted by molar-refractivity contribution is 7.14. The zero-order valence-electron chi connectivity index (χ0n) is 9.43. The first-order chi connectivity index (χ1) is 7.86.